The zero-order chi connectivity index (χ0) is 15.2. The van der Waals surface area contributed by atoms with E-state index in [1.165, 1.54) is 23.1 Å². The van der Waals surface area contributed by atoms with Gasteiger partial charge in [0.25, 0.3) is 0 Å². The topological polar surface area (TPSA) is 84.7 Å². The number of nitrogens with zero attached hydrogens (tertiary/aromatic N) is 4. The highest BCUT2D eigenvalue weighted by molar-refractivity contribution is 8.01. The van der Waals surface area contributed by atoms with Crippen LogP contribution in [0.2, 0.25) is 0 Å². The van der Waals surface area contributed by atoms with E-state index in [-0.39, 0.29) is 11.9 Å². The average Bonchev–Trinajstić information content (AvgIpc) is 3.06. The van der Waals surface area contributed by atoms with Crippen molar-refractivity contribution < 1.29 is 4.79 Å². The molecule has 0 aliphatic heterocycles. The van der Waals surface area contributed by atoms with E-state index in [9.17, 15) is 4.79 Å². The number of carbonyl (C=O) groups excluding carboxylic acids is 1. The number of hydrogen-bond acceptors (Lipinski definition) is 7. The minimum atomic E-state index is -0.0809. The fourth-order valence-corrected chi connectivity index (χ4v) is 3.24. The Balaban J connectivity index is 1.85. The summed E-state index contributed by atoms with van der Waals surface area (Å²) in [4.78, 5) is 12.0. The molecule has 2 aromatic heterocycles. The molecular formula is C12H18N6OS2. The molecule has 0 aliphatic rings. The van der Waals surface area contributed by atoms with E-state index < -0.39 is 0 Å². The van der Waals surface area contributed by atoms with Gasteiger partial charge in [-0.05, 0) is 20.8 Å². The molecule has 0 unspecified atom stereocenters. The number of hydrogen-bond donors (Lipinski definition) is 2. The standard InChI is InChI=1S/C12H18N6OS2/c1-4-13-11-16-17-12(21-11)20-7-10(19)15-9-5-6-14-18(9)8(2)3/h5-6,8H,4,7H2,1-3H3,(H,13,16)(H,15,19). The molecule has 1 amide bonds. The summed E-state index contributed by atoms with van der Waals surface area (Å²) < 4.78 is 2.55. The monoisotopic (exact) mass is 326 g/mol. The zero-order valence-corrected chi connectivity index (χ0v) is 13.8. The van der Waals surface area contributed by atoms with Crippen molar-refractivity contribution in [1.29, 1.82) is 0 Å². The normalized spacial score (nSPS) is 10.9. The molecule has 2 N–H and O–H groups in total. The highest BCUT2D eigenvalue weighted by atomic mass is 32.2. The summed E-state index contributed by atoms with van der Waals surface area (Å²) in [5, 5.41) is 18.9. The zero-order valence-electron chi connectivity index (χ0n) is 12.2. The van der Waals surface area contributed by atoms with Gasteiger partial charge in [-0.15, -0.1) is 10.2 Å². The van der Waals surface area contributed by atoms with Gasteiger partial charge < -0.3 is 10.6 Å². The Labute approximate surface area is 131 Å². The molecule has 21 heavy (non-hydrogen) atoms. The Morgan fingerprint density at radius 2 is 2.29 bits per heavy atom. The Kier molecular flexibility index (Phi) is 5.57. The number of amides is 1. The molecule has 0 bridgehead atoms. The SMILES string of the molecule is CCNc1nnc(SCC(=O)Nc2ccnn2C(C)C)s1. The number of anilines is 2. The van der Waals surface area contributed by atoms with E-state index in [2.05, 4.69) is 25.9 Å². The summed E-state index contributed by atoms with van der Waals surface area (Å²) in [6.07, 6.45) is 1.68. The van der Waals surface area contributed by atoms with Crippen molar-refractivity contribution in [3.05, 3.63) is 12.3 Å². The average molecular weight is 326 g/mol. The van der Waals surface area contributed by atoms with Crippen molar-refractivity contribution in [2.75, 3.05) is 22.9 Å². The lowest BCUT2D eigenvalue weighted by Crippen LogP contribution is -2.18. The number of thioether (sulfide) groups is 1. The Morgan fingerprint density at radius 3 is 3.00 bits per heavy atom. The molecule has 9 heteroatoms. The fraction of sp³-hybridized carbons (Fsp3) is 0.500. The molecule has 0 fully saturated rings. The lowest BCUT2D eigenvalue weighted by Gasteiger charge is -2.11. The summed E-state index contributed by atoms with van der Waals surface area (Å²) in [5.74, 6) is 0.924. The van der Waals surface area contributed by atoms with E-state index >= 15 is 0 Å². The molecule has 2 rings (SSSR count). The van der Waals surface area contributed by atoms with Gasteiger partial charge in [-0.25, -0.2) is 4.68 Å². The van der Waals surface area contributed by atoms with Crippen LogP contribution in [0.25, 0.3) is 0 Å². The molecule has 2 aromatic rings. The molecule has 2 heterocycles. The van der Waals surface area contributed by atoms with Crippen molar-refractivity contribution >= 4 is 40.0 Å². The molecular weight excluding hydrogens is 308 g/mol. The maximum atomic E-state index is 12.0. The van der Waals surface area contributed by atoms with Crippen LogP contribution in [0.3, 0.4) is 0 Å². The molecule has 7 nitrogen and oxygen atoms in total. The van der Waals surface area contributed by atoms with Crippen LogP contribution in [0, 0.1) is 0 Å². The number of nitrogens with one attached hydrogen (secondary N) is 2. The van der Waals surface area contributed by atoms with Gasteiger partial charge in [-0.3, -0.25) is 4.79 Å². The first kappa shape index (κ1) is 15.8. The van der Waals surface area contributed by atoms with Crippen LogP contribution in [0.5, 0.6) is 0 Å². The predicted molar refractivity (Wildman–Crippen MR) is 86.0 cm³/mol. The predicted octanol–water partition coefficient (Wildman–Crippen LogP) is 2.48. The van der Waals surface area contributed by atoms with Gasteiger partial charge >= 0.3 is 0 Å². The smallest absolute Gasteiger partial charge is 0.235 e. The van der Waals surface area contributed by atoms with Crippen molar-refractivity contribution in [2.24, 2.45) is 0 Å². The van der Waals surface area contributed by atoms with Gasteiger partial charge in [0.2, 0.25) is 11.0 Å². The van der Waals surface area contributed by atoms with E-state index in [1.807, 2.05) is 20.8 Å². The van der Waals surface area contributed by atoms with E-state index in [1.54, 1.807) is 16.9 Å². The van der Waals surface area contributed by atoms with E-state index in [0.717, 1.165) is 16.0 Å². The van der Waals surface area contributed by atoms with Crippen LogP contribution in [0.15, 0.2) is 16.6 Å². The fourth-order valence-electron chi connectivity index (χ4n) is 1.62. The molecule has 0 aliphatic carbocycles. The summed E-state index contributed by atoms with van der Waals surface area (Å²) in [6.45, 7) is 6.83. The third kappa shape index (κ3) is 4.43. The lowest BCUT2D eigenvalue weighted by molar-refractivity contribution is -0.113. The minimum Gasteiger partial charge on any atom is -0.360 e. The van der Waals surface area contributed by atoms with Crippen molar-refractivity contribution in [1.82, 2.24) is 20.0 Å². The summed E-state index contributed by atoms with van der Waals surface area (Å²) in [6, 6.07) is 1.99. The molecule has 114 valence electrons. The second-order valence-electron chi connectivity index (χ2n) is 4.50. The van der Waals surface area contributed by atoms with Gasteiger partial charge in [0.1, 0.15) is 5.82 Å². The molecule has 0 radical (unpaired) electrons. The molecule has 0 spiro atoms. The molecule has 0 atom stereocenters. The van der Waals surface area contributed by atoms with Crippen LogP contribution in [-0.2, 0) is 4.79 Å². The number of aromatic nitrogens is 4. The molecule has 0 aromatic carbocycles. The summed E-state index contributed by atoms with van der Waals surface area (Å²) in [7, 11) is 0. The van der Waals surface area contributed by atoms with Crippen LogP contribution >= 0.6 is 23.1 Å². The van der Waals surface area contributed by atoms with Gasteiger partial charge in [0, 0.05) is 18.7 Å². The third-order valence-electron chi connectivity index (χ3n) is 2.49. The third-order valence-corrected chi connectivity index (χ3v) is 4.50. The minimum absolute atomic E-state index is 0.0809. The summed E-state index contributed by atoms with van der Waals surface area (Å²) in [5.41, 5.74) is 0. The first-order chi connectivity index (χ1) is 10.1. The van der Waals surface area contributed by atoms with Crippen molar-refractivity contribution in [3.63, 3.8) is 0 Å². The van der Waals surface area contributed by atoms with Gasteiger partial charge in [0.15, 0.2) is 4.34 Å². The van der Waals surface area contributed by atoms with Gasteiger partial charge in [-0.2, -0.15) is 5.10 Å². The largest absolute Gasteiger partial charge is 0.360 e. The Bertz CT molecular complexity index is 594. The van der Waals surface area contributed by atoms with Crippen LogP contribution in [0.4, 0.5) is 10.9 Å². The first-order valence-electron chi connectivity index (χ1n) is 6.63. The highest BCUT2D eigenvalue weighted by Crippen LogP contribution is 2.25. The Hall–Kier alpha value is -1.61. The van der Waals surface area contributed by atoms with Gasteiger partial charge in [0.05, 0.1) is 11.9 Å². The quantitative estimate of drug-likeness (QED) is 0.760. The summed E-state index contributed by atoms with van der Waals surface area (Å²) >= 11 is 2.82. The van der Waals surface area contributed by atoms with Crippen LogP contribution in [-0.4, -0.2) is 38.2 Å². The first-order valence-corrected chi connectivity index (χ1v) is 8.44. The van der Waals surface area contributed by atoms with Crippen LogP contribution in [0.1, 0.15) is 26.8 Å². The van der Waals surface area contributed by atoms with Crippen molar-refractivity contribution in [3.8, 4) is 0 Å². The van der Waals surface area contributed by atoms with E-state index in [4.69, 9.17) is 0 Å². The maximum Gasteiger partial charge on any atom is 0.235 e. The van der Waals surface area contributed by atoms with Crippen LogP contribution < -0.4 is 10.6 Å². The number of carbonyl (C=O) groups is 1. The van der Waals surface area contributed by atoms with E-state index in [0.29, 0.717) is 11.6 Å². The maximum absolute atomic E-state index is 12.0. The Morgan fingerprint density at radius 1 is 1.48 bits per heavy atom. The van der Waals surface area contributed by atoms with Gasteiger partial charge in [-0.1, -0.05) is 23.1 Å². The molecule has 0 saturated heterocycles. The van der Waals surface area contributed by atoms with Crippen molar-refractivity contribution in [2.45, 2.75) is 31.2 Å². The second-order valence-corrected chi connectivity index (χ2v) is 6.70. The number of rotatable bonds is 7. The lowest BCUT2D eigenvalue weighted by atomic mass is 10.4. The highest BCUT2D eigenvalue weighted by Gasteiger charge is 2.11. The second kappa shape index (κ2) is 7.41. The molecule has 0 saturated carbocycles.